The van der Waals surface area contributed by atoms with Crippen LogP contribution in [0, 0.1) is 6.92 Å². The fourth-order valence-electron chi connectivity index (χ4n) is 0.918. The Labute approximate surface area is 90.2 Å². The smallest absolute Gasteiger partial charge is 0.0736 e. The van der Waals surface area contributed by atoms with Gasteiger partial charge in [-0.15, -0.1) is 0 Å². The van der Waals surface area contributed by atoms with Crippen molar-refractivity contribution in [2.45, 2.75) is 34.6 Å². The van der Waals surface area contributed by atoms with Gasteiger partial charge in [0.1, 0.15) is 0 Å². The maximum Gasteiger partial charge on any atom is 0.0736 e. The van der Waals surface area contributed by atoms with Crippen molar-refractivity contribution in [1.82, 2.24) is 9.36 Å². The largest absolute Gasteiger partial charge is 0.263 e. The molecule has 0 saturated carbocycles. The minimum atomic E-state index is 1.10. The monoisotopic (exact) mass is 210 g/mol. The highest BCUT2D eigenvalue weighted by Gasteiger charge is 1.98. The van der Waals surface area contributed by atoms with Gasteiger partial charge in [-0.3, -0.25) is 4.98 Å². The van der Waals surface area contributed by atoms with E-state index in [-0.39, 0.29) is 0 Å². The van der Waals surface area contributed by atoms with E-state index in [1.54, 1.807) is 6.20 Å². The molecule has 78 valence electrons. The van der Waals surface area contributed by atoms with Crippen molar-refractivity contribution in [3.63, 3.8) is 0 Å². The van der Waals surface area contributed by atoms with Crippen molar-refractivity contribution in [3.05, 3.63) is 24.2 Å². The van der Waals surface area contributed by atoms with Crippen LogP contribution in [0.4, 0.5) is 0 Å². The molecule has 0 bridgehead atoms. The quantitative estimate of drug-likeness (QED) is 0.655. The second-order valence-corrected chi connectivity index (χ2v) is 2.94. The summed E-state index contributed by atoms with van der Waals surface area (Å²) >= 11 is 1.50. The molecule has 0 aliphatic heterocycles. The molecule has 3 heteroatoms. The standard InChI is InChI=1S/C7H6N2S.2C2H6/c1-5-6-2-3-8-4-7(6)10-9-5;2*1-2/h2-4H,1H3;2*1-2H3. The number of aryl methyl sites for hydroxylation is 1. The number of rotatable bonds is 0. The van der Waals surface area contributed by atoms with Gasteiger partial charge in [0.15, 0.2) is 0 Å². The summed E-state index contributed by atoms with van der Waals surface area (Å²) in [6.45, 7) is 10.0. The number of aromatic nitrogens is 2. The Morgan fingerprint density at radius 3 is 2.36 bits per heavy atom. The van der Waals surface area contributed by atoms with Crippen LogP contribution < -0.4 is 0 Å². The van der Waals surface area contributed by atoms with E-state index in [0.29, 0.717) is 0 Å². The number of hydrogen-bond acceptors (Lipinski definition) is 3. The average Bonchev–Trinajstić information content (AvgIpc) is 2.67. The predicted molar refractivity (Wildman–Crippen MR) is 64.8 cm³/mol. The summed E-state index contributed by atoms with van der Waals surface area (Å²) in [5.74, 6) is 0. The summed E-state index contributed by atoms with van der Waals surface area (Å²) in [5.41, 5.74) is 1.10. The molecule has 0 fully saturated rings. The molecule has 0 saturated heterocycles. The van der Waals surface area contributed by atoms with Gasteiger partial charge in [0.2, 0.25) is 0 Å². The van der Waals surface area contributed by atoms with Gasteiger partial charge >= 0.3 is 0 Å². The fourth-order valence-corrected chi connectivity index (χ4v) is 1.67. The molecular formula is C11H18N2S. The zero-order chi connectivity index (χ0) is 11.0. The van der Waals surface area contributed by atoms with Crippen molar-refractivity contribution >= 4 is 21.6 Å². The van der Waals surface area contributed by atoms with Crippen LogP contribution in [0.15, 0.2) is 18.5 Å². The fraction of sp³-hybridized carbons (Fsp3) is 0.455. The number of fused-ring (bicyclic) bond motifs is 1. The van der Waals surface area contributed by atoms with E-state index in [1.807, 2.05) is 46.9 Å². The zero-order valence-corrected chi connectivity index (χ0v) is 10.4. The van der Waals surface area contributed by atoms with Gasteiger partial charge in [0.05, 0.1) is 10.4 Å². The van der Waals surface area contributed by atoms with Crippen LogP contribution in [0.5, 0.6) is 0 Å². The molecule has 0 amide bonds. The normalized spacial score (nSPS) is 8.36. The third kappa shape index (κ3) is 3.07. The summed E-state index contributed by atoms with van der Waals surface area (Å²) in [6, 6.07) is 1.99. The topological polar surface area (TPSA) is 25.8 Å². The summed E-state index contributed by atoms with van der Waals surface area (Å²) in [4.78, 5) is 4.00. The summed E-state index contributed by atoms with van der Waals surface area (Å²) in [5, 5.41) is 1.22. The second kappa shape index (κ2) is 7.44. The summed E-state index contributed by atoms with van der Waals surface area (Å²) < 4.78 is 5.36. The van der Waals surface area contributed by atoms with Crippen molar-refractivity contribution < 1.29 is 0 Å². The van der Waals surface area contributed by atoms with Crippen LogP contribution in [0.2, 0.25) is 0 Å². The Hall–Kier alpha value is -0.960. The third-order valence-electron chi connectivity index (χ3n) is 1.46. The van der Waals surface area contributed by atoms with Crippen molar-refractivity contribution in [2.24, 2.45) is 0 Å². The third-order valence-corrected chi connectivity index (χ3v) is 2.34. The van der Waals surface area contributed by atoms with Crippen LogP contribution >= 0.6 is 11.5 Å². The van der Waals surface area contributed by atoms with Gasteiger partial charge < -0.3 is 0 Å². The van der Waals surface area contributed by atoms with Crippen LogP contribution in [0.25, 0.3) is 10.1 Å². The SMILES string of the molecule is CC.CC.Cc1nsc2cnccc12. The molecule has 0 radical (unpaired) electrons. The molecule has 2 aromatic heterocycles. The lowest BCUT2D eigenvalue weighted by molar-refractivity contribution is 1.35. The molecule has 2 nitrogen and oxygen atoms in total. The molecule has 0 unspecified atom stereocenters. The van der Waals surface area contributed by atoms with Crippen molar-refractivity contribution in [3.8, 4) is 0 Å². The molecule has 2 aromatic rings. The van der Waals surface area contributed by atoms with Gasteiger partial charge in [-0.05, 0) is 24.5 Å². The highest BCUT2D eigenvalue weighted by Crippen LogP contribution is 2.19. The van der Waals surface area contributed by atoms with Gasteiger partial charge in [-0.25, -0.2) is 0 Å². The first-order chi connectivity index (χ1) is 6.88. The zero-order valence-electron chi connectivity index (χ0n) is 9.53. The van der Waals surface area contributed by atoms with Crippen LogP contribution in [-0.2, 0) is 0 Å². The average molecular weight is 210 g/mol. The number of pyridine rings is 1. The van der Waals surface area contributed by atoms with Crippen LogP contribution in [-0.4, -0.2) is 9.36 Å². The van der Waals surface area contributed by atoms with E-state index < -0.39 is 0 Å². The molecule has 2 rings (SSSR count). The Morgan fingerprint density at radius 2 is 1.79 bits per heavy atom. The van der Waals surface area contributed by atoms with E-state index in [9.17, 15) is 0 Å². The molecule has 14 heavy (non-hydrogen) atoms. The highest BCUT2D eigenvalue weighted by atomic mass is 32.1. The predicted octanol–water partition coefficient (Wildman–Crippen LogP) is 4.05. The first kappa shape index (κ1) is 13.0. The molecule has 0 aromatic carbocycles. The van der Waals surface area contributed by atoms with Gasteiger partial charge in [0, 0.05) is 17.8 Å². The molecule has 0 spiro atoms. The molecule has 2 heterocycles. The first-order valence-electron chi connectivity index (χ1n) is 5.04. The first-order valence-corrected chi connectivity index (χ1v) is 5.81. The van der Waals surface area contributed by atoms with E-state index in [4.69, 9.17) is 0 Å². The Morgan fingerprint density at radius 1 is 1.14 bits per heavy atom. The second-order valence-electron chi connectivity index (χ2n) is 2.14. The lowest BCUT2D eigenvalue weighted by atomic mass is 10.3. The minimum Gasteiger partial charge on any atom is -0.263 e. The molecule has 0 aliphatic carbocycles. The Balaban J connectivity index is 0.000000379. The van der Waals surface area contributed by atoms with E-state index in [2.05, 4.69) is 9.36 Å². The van der Waals surface area contributed by atoms with Crippen molar-refractivity contribution in [1.29, 1.82) is 0 Å². The van der Waals surface area contributed by atoms with Gasteiger partial charge in [-0.1, -0.05) is 27.7 Å². The molecule has 0 N–H and O–H groups in total. The Bertz CT molecular complexity index is 355. The number of hydrogen-bond donors (Lipinski definition) is 0. The van der Waals surface area contributed by atoms with Crippen LogP contribution in [0.3, 0.4) is 0 Å². The Kier molecular flexibility index (Phi) is 6.93. The minimum absolute atomic E-state index is 1.10. The van der Waals surface area contributed by atoms with Gasteiger partial charge in [0.25, 0.3) is 0 Å². The molecular weight excluding hydrogens is 192 g/mol. The highest BCUT2D eigenvalue weighted by molar-refractivity contribution is 7.13. The molecule has 0 aliphatic rings. The lowest BCUT2D eigenvalue weighted by Gasteiger charge is -1.84. The summed E-state index contributed by atoms with van der Waals surface area (Å²) in [7, 11) is 0. The van der Waals surface area contributed by atoms with Crippen LogP contribution in [0.1, 0.15) is 33.4 Å². The molecule has 0 atom stereocenters. The summed E-state index contributed by atoms with van der Waals surface area (Å²) in [6.07, 6.45) is 3.64. The van der Waals surface area contributed by atoms with Gasteiger partial charge in [-0.2, -0.15) is 4.37 Å². The maximum atomic E-state index is 4.20. The van der Waals surface area contributed by atoms with E-state index in [0.717, 1.165) is 5.69 Å². The maximum absolute atomic E-state index is 4.20. The van der Waals surface area contributed by atoms with Crippen molar-refractivity contribution in [2.75, 3.05) is 0 Å². The van der Waals surface area contributed by atoms with E-state index in [1.165, 1.54) is 21.6 Å². The lowest BCUT2D eigenvalue weighted by Crippen LogP contribution is -1.70. The number of nitrogens with zero attached hydrogens (tertiary/aromatic N) is 2. The van der Waals surface area contributed by atoms with E-state index >= 15 is 0 Å².